The molecule has 134 valence electrons. The number of benzene rings is 1. The first-order valence-electron chi connectivity index (χ1n) is 8.87. The number of piperidine rings is 1. The summed E-state index contributed by atoms with van der Waals surface area (Å²) >= 11 is 0. The Balaban J connectivity index is 1.33. The summed E-state index contributed by atoms with van der Waals surface area (Å²) in [6.45, 7) is 1.98. The number of amides is 1. The largest absolute Gasteiger partial charge is 0.370 e. The van der Waals surface area contributed by atoms with Crippen molar-refractivity contribution in [1.29, 1.82) is 0 Å². The van der Waals surface area contributed by atoms with Gasteiger partial charge in [0, 0.05) is 19.3 Å². The summed E-state index contributed by atoms with van der Waals surface area (Å²) in [5, 5.41) is 8.72. The highest BCUT2D eigenvalue weighted by Gasteiger charge is 2.24. The van der Waals surface area contributed by atoms with Gasteiger partial charge in [-0.15, -0.1) is 0 Å². The van der Waals surface area contributed by atoms with Crippen molar-refractivity contribution in [1.82, 2.24) is 24.9 Å². The van der Waals surface area contributed by atoms with Gasteiger partial charge < -0.3 is 9.64 Å². The van der Waals surface area contributed by atoms with Crippen LogP contribution in [-0.4, -0.2) is 50.0 Å². The van der Waals surface area contributed by atoms with Gasteiger partial charge >= 0.3 is 0 Å². The molecule has 0 aliphatic carbocycles. The molecule has 0 radical (unpaired) electrons. The summed E-state index contributed by atoms with van der Waals surface area (Å²) in [7, 11) is 0. The number of carbonyl (C=O) groups is 1. The number of hydrogen-bond acceptors (Lipinski definition) is 5. The zero-order chi connectivity index (χ0) is 17.8. The second-order valence-corrected chi connectivity index (χ2v) is 6.46. The van der Waals surface area contributed by atoms with E-state index in [2.05, 4.69) is 15.2 Å². The third-order valence-electron chi connectivity index (χ3n) is 4.53. The topological polar surface area (TPSA) is 73.1 Å². The monoisotopic (exact) mass is 351 g/mol. The molecule has 1 atom stereocenters. The number of rotatable bonds is 5. The van der Waals surface area contributed by atoms with Crippen LogP contribution in [0.5, 0.6) is 0 Å². The van der Waals surface area contributed by atoms with Crippen LogP contribution in [0, 0.1) is 0 Å². The fraction of sp³-hybridized carbons (Fsp3) is 0.368. The molecule has 0 saturated carbocycles. The smallest absolute Gasteiger partial charge is 0.246 e. The summed E-state index contributed by atoms with van der Waals surface area (Å²) in [6, 6.07) is 13.4. The Labute approximate surface area is 151 Å². The van der Waals surface area contributed by atoms with Gasteiger partial charge in [-0.1, -0.05) is 18.2 Å². The molecule has 7 heteroatoms. The molecule has 4 rings (SSSR count). The molecule has 3 heterocycles. The fourth-order valence-electron chi connectivity index (χ4n) is 3.18. The van der Waals surface area contributed by atoms with Crippen LogP contribution in [0.1, 0.15) is 18.5 Å². The Kier molecular flexibility index (Phi) is 4.88. The van der Waals surface area contributed by atoms with Crippen LogP contribution in [0.3, 0.4) is 0 Å². The Hall–Kier alpha value is -2.80. The number of aromatic nitrogens is 4. The molecule has 26 heavy (non-hydrogen) atoms. The van der Waals surface area contributed by atoms with E-state index in [0.29, 0.717) is 13.2 Å². The van der Waals surface area contributed by atoms with Crippen LogP contribution in [0.2, 0.25) is 0 Å². The van der Waals surface area contributed by atoms with Gasteiger partial charge in [0.2, 0.25) is 5.91 Å². The minimum Gasteiger partial charge on any atom is -0.370 e. The van der Waals surface area contributed by atoms with E-state index in [0.717, 1.165) is 36.1 Å². The van der Waals surface area contributed by atoms with E-state index >= 15 is 0 Å². The van der Waals surface area contributed by atoms with E-state index in [4.69, 9.17) is 4.74 Å². The first-order valence-corrected chi connectivity index (χ1v) is 8.87. The van der Waals surface area contributed by atoms with Crippen LogP contribution in [-0.2, 0) is 22.7 Å². The molecule has 1 saturated heterocycles. The second-order valence-electron chi connectivity index (χ2n) is 6.46. The summed E-state index contributed by atoms with van der Waals surface area (Å²) < 4.78 is 5.95. The van der Waals surface area contributed by atoms with E-state index in [-0.39, 0.29) is 18.6 Å². The average Bonchev–Trinajstić information content (AvgIpc) is 3.09. The van der Waals surface area contributed by atoms with Crippen molar-refractivity contribution in [3.8, 4) is 0 Å². The van der Waals surface area contributed by atoms with Gasteiger partial charge in [-0.25, -0.2) is 0 Å². The number of hydrogen-bond donors (Lipinski definition) is 0. The molecule has 0 unspecified atom stereocenters. The lowest BCUT2D eigenvalue weighted by atomic mass is 10.1. The molecule has 3 aromatic rings. The van der Waals surface area contributed by atoms with Gasteiger partial charge in [-0.05, 0) is 37.1 Å². The van der Waals surface area contributed by atoms with Crippen molar-refractivity contribution in [2.75, 3.05) is 13.1 Å². The lowest BCUT2D eigenvalue weighted by Gasteiger charge is -2.32. The van der Waals surface area contributed by atoms with Crippen molar-refractivity contribution in [2.45, 2.75) is 32.1 Å². The third-order valence-corrected chi connectivity index (χ3v) is 4.53. The Morgan fingerprint density at radius 1 is 1.12 bits per heavy atom. The van der Waals surface area contributed by atoms with E-state index in [9.17, 15) is 4.79 Å². The highest BCUT2D eigenvalue weighted by Crippen LogP contribution is 2.15. The normalized spacial score (nSPS) is 17.5. The first kappa shape index (κ1) is 16.7. The van der Waals surface area contributed by atoms with Crippen LogP contribution in [0.25, 0.3) is 11.0 Å². The van der Waals surface area contributed by atoms with E-state index in [1.165, 1.54) is 4.80 Å². The minimum absolute atomic E-state index is 0.0245. The van der Waals surface area contributed by atoms with Gasteiger partial charge in [0.1, 0.15) is 17.6 Å². The molecule has 2 aromatic heterocycles. The second kappa shape index (κ2) is 7.61. The summed E-state index contributed by atoms with van der Waals surface area (Å²) in [5.74, 6) is 0.0245. The molecule has 0 bridgehead atoms. The Bertz CT molecular complexity index is 847. The first-order chi connectivity index (χ1) is 12.8. The zero-order valence-corrected chi connectivity index (χ0v) is 14.5. The molecule has 1 aromatic carbocycles. The van der Waals surface area contributed by atoms with Crippen LogP contribution in [0.4, 0.5) is 0 Å². The highest BCUT2D eigenvalue weighted by molar-refractivity contribution is 5.77. The Morgan fingerprint density at radius 2 is 1.88 bits per heavy atom. The maximum Gasteiger partial charge on any atom is 0.246 e. The molecular formula is C19H21N5O2. The molecule has 1 amide bonds. The van der Waals surface area contributed by atoms with E-state index in [1.807, 2.05) is 47.4 Å². The van der Waals surface area contributed by atoms with E-state index in [1.54, 1.807) is 6.20 Å². The standard InChI is InChI=1S/C19H21N5O2/c25-19(13-24-21-17-8-1-2-9-18(17)22-24)23-11-5-7-16(12-23)26-14-15-6-3-4-10-20-15/h1-4,6,8-10,16H,5,7,11-14H2/t16-/m0/s1. The zero-order valence-electron chi connectivity index (χ0n) is 14.5. The number of fused-ring (bicyclic) bond motifs is 1. The molecule has 1 aliphatic rings. The van der Waals surface area contributed by atoms with Gasteiger partial charge in [-0.3, -0.25) is 9.78 Å². The highest BCUT2D eigenvalue weighted by atomic mass is 16.5. The molecular weight excluding hydrogens is 330 g/mol. The van der Waals surface area contributed by atoms with Crippen molar-refractivity contribution in [3.63, 3.8) is 0 Å². The molecule has 0 spiro atoms. The number of carbonyl (C=O) groups excluding carboxylic acids is 1. The average molecular weight is 351 g/mol. The Morgan fingerprint density at radius 3 is 2.62 bits per heavy atom. The van der Waals surface area contributed by atoms with Crippen molar-refractivity contribution in [3.05, 3.63) is 54.4 Å². The molecule has 1 aliphatic heterocycles. The van der Waals surface area contributed by atoms with Crippen molar-refractivity contribution in [2.24, 2.45) is 0 Å². The lowest BCUT2D eigenvalue weighted by Crippen LogP contribution is -2.44. The summed E-state index contributed by atoms with van der Waals surface area (Å²) in [5.41, 5.74) is 2.51. The van der Waals surface area contributed by atoms with Crippen LogP contribution >= 0.6 is 0 Å². The maximum absolute atomic E-state index is 12.6. The van der Waals surface area contributed by atoms with Crippen LogP contribution < -0.4 is 0 Å². The number of nitrogens with zero attached hydrogens (tertiary/aromatic N) is 5. The number of pyridine rings is 1. The quantitative estimate of drug-likeness (QED) is 0.703. The summed E-state index contributed by atoms with van der Waals surface area (Å²) in [6.07, 6.45) is 3.70. The molecule has 7 nitrogen and oxygen atoms in total. The maximum atomic E-state index is 12.6. The van der Waals surface area contributed by atoms with Gasteiger partial charge in [0.25, 0.3) is 0 Å². The minimum atomic E-state index is 0.0245. The molecule has 1 fully saturated rings. The number of ether oxygens (including phenoxy) is 1. The lowest BCUT2D eigenvalue weighted by molar-refractivity contribution is -0.136. The van der Waals surface area contributed by atoms with E-state index < -0.39 is 0 Å². The molecule has 0 N–H and O–H groups in total. The predicted molar refractivity (Wildman–Crippen MR) is 96.2 cm³/mol. The van der Waals surface area contributed by atoms with Crippen molar-refractivity contribution >= 4 is 16.9 Å². The van der Waals surface area contributed by atoms with Crippen LogP contribution in [0.15, 0.2) is 48.7 Å². The van der Waals surface area contributed by atoms with Gasteiger partial charge in [0.15, 0.2) is 0 Å². The van der Waals surface area contributed by atoms with Gasteiger partial charge in [-0.2, -0.15) is 15.0 Å². The summed E-state index contributed by atoms with van der Waals surface area (Å²) in [4.78, 5) is 20.2. The van der Waals surface area contributed by atoms with Gasteiger partial charge in [0.05, 0.1) is 18.4 Å². The SMILES string of the molecule is O=C(Cn1nc2ccccc2n1)N1CCC[C@H](OCc2ccccn2)C1. The number of likely N-dealkylation sites (tertiary alicyclic amines) is 1. The third kappa shape index (κ3) is 3.88. The predicted octanol–water partition coefficient (Wildman–Crippen LogP) is 2.03. The van der Waals surface area contributed by atoms with Crippen molar-refractivity contribution < 1.29 is 9.53 Å². The fourth-order valence-corrected chi connectivity index (χ4v) is 3.18.